The molecule has 1 aliphatic rings. The summed E-state index contributed by atoms with van der Waals surface area (Å²) in [6.07, 6.45) is 2.76. The summed E-state index contributed by atoms with van der Waals surface area (Å²) in [5.74, 6) is 0.665. The van der Waals surface area contributed by atoms with E-state index < -0.39 is 6.10 Å². The van der Waals surface area contributed by atoms with E-state index in [1.54, 1.807) is 0 Å². The van der Waals surface area contributed by atoms with Crippen molar-refractivity contribution in [2.45, 2.75) is 52.3 Å². The van der Waals surface area contributed by atoms with Crippen LogP contribution in [0.1, 0.15) is 42.9 Å². The Balaban J connectivity index is 1.53. The molecule has 1 fully saturated rings. The molecule has 1 N–H and O–H groups in total. The molecule has 2 aromatic rings. The highest BCUT2D eigenvalue weighted by molar-refractivity contribution is 5.81. The fraction of sp³-hybridized carbons (Fsp3) is 0.435. The second-order valence-electron chi connectivity index (χ2n) is 7.35. The van der Waals surface area contributed by atoms with Crippen LogP contribution in [0.25, 0.3) is 0 Å². The lowest BCUT2D eigenvalue weighted by Gasteiger charge is -2.18. The Bertz CT molecular complexity index is 736. The number of rotatable bonds is 8. The van der Waals surface area contributed by atoms with Gasteiger partial charge in [-0.3, -0.25) is 9.69 Å². The molecule has 3 rings (SSSR count). The lowest BCUT2D eigenvalue weighted by atomic mass is 10.1. The molecule has 0 aromatic heterocycles. The Hall–Kier alpha value is -2.33. The number of nitrogens with one attached hydrogen (secondary N) is 1. The molecule has 0 saturated carbocycles. The van der Waals surface area contributed by atoms with E-state index in [-0.39, 0.29) is 5.91 Å². The van der Waals surface area contributed by atoms with Crippen LogP contribution in [0.4, 0.5) is 0 Å². The fourth-order valence-electron chi connectivity index (χ4n) is 3.44. The molecule has 4 nitrogen and oxygen atoms in total. The number of likely N-dealkylation sites (tertiary alicyclic amines) is 1. The van der Waals surface area contributed by atoms with Gasteiger partial charge in [0.05, 0.1) is 0 Å². The van der Waals surface area contributed by atoms with Crippen LogP contribution in [0.2, 0.25) is 0 Å². The maximum Gasteiger partial charge on any atom is 0.261 e. The van der Waals surface area contributed by atoms with Gasteiger partial charge in [0.1, 0.15) is 5.75 Å². The first-order valence-electron chi connectivity index (χ1n) is 9.95. The number of carbonyl (C=O) groups is 1. The molecular formula is C23H30N2O2. The first kappa shape index (κ1) is 19.4. The molecule has 2 aromatic carbocycles. The van der Waals surface area contributed by atoms with Gasteiger partial charge in [-0.1, -0.05) is 48.9 Å². The van der Waals surface area contributed by atoms with Crippen LogP contribution in [0.15, 0.2) is 48.5 Å². The van der Waals surface area contributed by atoms with Gasteiger partial charge in [-0.15, -0.1) is 0 Å². The summed E-state index contributed by atoms with van der Waals surface area (Å²) in [5.41, 5.74) is 3.62. The van der Waals surface area contributed by atoms with Crippen molar-refractivity contribution in [3.63, 3.8) is 0 Å². The van der Waals surface area contributed by atoms with Gasteiger partial charge in [0, 0.05) is 13.1 Å². The quantitative estimate of drug-likeness (QED) is 0.766. The second kappa shape index (κ2) is 9.56. The molecule has 4 heteroatoms. The highest BCUT2D eigenvalue weighted by Crippen LogP contribution is 2.16. The van der Waals surface area contributed by atoms with Gasteiger partial charge in [-0.25, -0.2) is 0 Å². The van der Waals surface area contributed by atoms with Crippen LogP contribution >= 0.6 is 0 Å². The Morgan fingerprint density at radius 2 is 1.81 bits per heavy atom. The van der Waals surface area contributed by atoms with Crippen LogP contribution in [0.3, 0.4) is 0 Å². The summed E-state index contributed by atoms with van der Waals surface area (Å²) >= 11 is 0. The molecule has 1 heterocycles. The van der Waals surface area contributed by atoms with Crippen molar-refractivity contribution in [3.8, 4) is 5.75 Å². The van der Waals surface area contributed by atoms with Gasteiger partial charge in [0.15, 0.2) is 6.10 Å². The number of nitrogens with zero attached hydrogens (tertiary/aromatic N) is 1. The Labute approximate surface area is 162 Å². The Morgan fingerprint density at radius 1 is 1.11 bits per heavy atom. The lowest BCUT2D eigenvalue weighted by Crippen LogP contribution is -2.37. The predicted molar refractivity (Wildman–Crippen MR) is 109 cm³/mol. The standard InChI is InChI=1S/C23H30N2O2/c1-3-22(27-21-11-9-18(2)10-12-21)23(26)24-16-19-7-6-8-20(15-19)17-25-13-4-5-14-25/h6-12,15,22H,3-5,13-14,16-17H2,1-2H3,(H,24,26). The van der Waals surface area contributed by atoms with Crippen molar-refractivity contribution in [3.05, 3.63) is 65.2 Å². The number of benzene rings is 2. The fourth-order valence-corrected chi connectivity index (χ4v) is 3.44. The number of amides is 1. The van der Waals surface area contributed by atoms with Gasteiger partial charge in [-0.05, 0) is 62.5 Å². The van der Waals surface area contributed by atoms with E-state index in [0.717, 1.165) is 17.9 Å². The first-order valence-corrected chi connectivity index (χ1v) is 9.95. The third-order valence-corrected chi connectivity index (χ3v) is 5.03. The molecule has 0 bridgehead atoms. The zero-order valence-electron chi connectivity index (χ0n) is 16.4. The topological polar surface area (TPSA) is 41.6 Å². The third kappa shape index (κ3) is 5.83. The van der Waals surface area contributed by atoms with Crippen molar-refractivity contribution >= 4 is 5.91 Å². The number of ether oxygens (including phenoxy) is 1. The minimum Gasteiger partial charge on any atom is -0.481 e. The van der Waals surface area contributed by atoms with E-state index in [9.17, 15) is 4.79 Å². The van der Waals surface area contributed by atoms with Crippen LogP contribution in [-0.2, 0) is 17.9 Å². The zero-order valence-corrected chi connectivity index (χ0v) is 16.4. The smallest absolute Gasteiger partial charge is 0.261 e. The largest absolute Gasteiger partial charge is 0.481 e. The average molecular weight is 367 g/mol. The minimum absolute atomic E-state index is 0.0666. The van der Waals surface area contributed by atoms with Crippen molar-refractivity contribution in [1.82, 2.24) is 10.2 Å². The zero-order chi connectivity index (χ0) is 19.1. The van der Waals surface area contributed by atoms with Crippen LogP contribution in [0, 0.1) is 6.92 Å². The molecule has 1 aliphatic heterocycles. The molecule has 1 unspecified atom stereocenters. The summed E-state index contributed by atoms with van der Waals surface area (Å²) in [6.45, 7) is 7.90. The van der Waals surface area contributed by atoms with Crippen LogP contribution in [-0.4, -0.2) is 30.0 Å². The van der Waals surface area contributed by atoms with Gasteiger partial charge < -0.3 is 10.1 Å². The summed E-state index contributed by atoms with van der Waals surface area (Å²) in [6, 6.07) is 16.3. The van der Waals surface area contributed by atoms with Gasteiger partial charge in [-0.2, -0.15) is 0 Å². The van der Waals surface area contributed by atoms with Gasteiger partial charge in [0.2, 0.25) is 0 Å². The van der Waals surface area contributed by atoms with E-state index in [0.29, 0.717) is 13.0 Å². The summed E-state index contributed by atoms with van der Waals surface area (Å²) < 4.78 is 5.86. The van der Waals surface area contributed by atoms with Crippen molar-refractivity contribution in [1.29, 1.82) is 0 Å². The number of carbonyl (C=O) groups excluding carboxylic acids is 1. The highest BCUT2D eigenvalue weighted by atomic mass is 16.5. The van der Waals surface area contributed by atoms with E-state index in [1.165, 1.54) is 37.1 Å². The maximum atomic E-state index is 12.5. The molecule has 1 saturated heterocycles. The van der Waals surface area contributed by atoms with Crippen LogP contribution in [0.5, 0.6) is 5.75 Å². The average Bonchev–Trinajstić information content (AvgIpc) is 3.19. The van der Waals surface area contributed by atoms with Crippen molar-refractivity contribution < 1.29 is 9.53 Å². The monoisotopic (exact) mass is 366 g/mol. The maximum absolute atomic E-state index is 12.5. The normalized spacial score (nSPS) is 15.5. The third-order valence-electron chi connectivity index (χ3n) is 5.03. The molecule has 1 amide bonds. The minimum atomic E-state index is -0.472. The SMILES string of the molecule is CCC(Oc1ccc(C)cc1)C(=O)NCc1cccc(CN2CCCC2)c1. The second-order valence-corrected chi connectivity index (χ2v) is 7.35. The molecule has 27 heavy (non-hydrogen) atoms. The van der Waals surface area contributed by atoms with Gasteiger partial charge in [0.25, 0.3) is 5.91 Å². The lowest BCUT2D eigenvalue weighted by molar-refractivity contribution is -0.128. The Morgan fingerprint density at radius 3 is 2.52 bits per heavy atom. The molecule has 1 atom stereocenters. The summed E-state index contributed by atoms with van der Waals surface area (Å²) in [5, 5.41) is 3.02. The number of hydrogen-bond donors (Lipinski definition) is 1. The molecular weight excluding hydrogens is 336 g/mol. The molecule has 0 aliphatic carbocycles. The molecule has 0 spiro atoms. The Kier molecular flexibility index (Phi) is 6.88. The van der Waals surface area contributed by atoms with E-state index in [4.69, 9.17) is 4.74 Å². The van der Waals surface area contributed by atoms with Crippen LogP contribution < -0.4 is 10.1 Å². The van der Waals surface area contributed by atoms with E-state index >= 15 is 0 Å². The number of hydrogen-bond acceptors (Lipinski definition) is 3. The van der Waals surface area contributed by atoms with Crippen molar-refractivity contribution in [2.24, 2.45) is 0 Å². The summed E-state index contributed by atoms with van der Waals surface area (Å²) in [4.78, 5) is 15.0. The van der Waals surface area contributed by atoms with E-state index in [2.05, 4.69) is 34.5 Å². The number of aryl methyl sites for hydroxylation is 1. The van der Waals surface area contributed by atoms with Crippen molar-refractivity contribution in [2.75, 3.05) is 13.1 Å². The highest BCUT2D eigenvalue weighted by Gasteiger charge is 2.18. The van der Waals surface area contributed by atoms with Gasteiger partial charge >= 0.3 is 0 Å². The summed E-state index contributed by atoms with van der Waals surface area (Å²) in [7, 11) is 0. The first-order chi connectivity index (χ1) is 13.1. The van der Waals surface area contributed by atoms with E-state index in [1.807, 2.05) is 38.1 Å². The predicted octanol–water partition coefficient (Wildman–Crippen LogP) is 4.06. The molecule has 0 radical (unpaired) electrons. The molecule has 144 valence electrons.